The molecule has 1 N–H and O–H groups in total. The first-order chi connectivity index (χ1) is 15.3. The van der Waals surface area contributed by atoms with Crippen molar-refractivity contribution in [1.82, 2.24) is 4.90 Å². The number of carbonyl (C=O) groups is 2. The summed E-state index contributed by atoms with van der Waals surface area (Å²) in [7, 11) is 0. The molecule has 2 aromatic rings. The number of ether oxygens (including phenoxy) is 2. The second-order valence-electron chi connectivity index (χ2n) is 7.46. The van der Waals surface area contributed by atoms with Gasteiger partial charge < -0.3 is 14.8 Å². The summed E-state index contributed by atoms with van der Waals surface area (Å²) in [6.45, 7) is 5.54. The van der Waals surface area contributed by atoms with E-state index in [1.165, 1.54) is 17.0 Å². The van der Waals surface area contributed by atoms with Gasteiger partial charge in [0.25, 0.3) is 0 Å². The number of nitrogens with zero attached hydrogens (tertiary/aromatic N) is 2. The molecule has 0 aliphatic carbocycles. The summed E-state index contributed by atoms with van der Waals surface area (Å²) in [6, 6.07) is 11.4. The zero-order valence-electron chi connectivity index (χ0n) is 18.1. The number of halogens is 2. The van der Waals surface area contributed by atoms with E-state index in [4.69, 9.17) is 21.1 Å². The minimum absolute atomic E-state index is 0.0614. The van der Waals surface area contributed by atoms with Gasteiger partial charge in [0.1, 0.15) is 0 Å². The molecule has 1 unspecified atom stereocenters. The van der Waals surface area contributed by atoms with Crippen molar-refractivity contribution in [2.75, 3.05) is 18.5 Å². The van der Waals surface area contributed by atoms with Gasteiger partial charge in [-0.05, 0) is 50.6 Å². The van der Waals surface area contributed by atoms with Crippen molar-refractivity contribution >= 4 is 35.1 Å². The van der Waals surface area contributed by atoms with Crippen molar-refractivity contribution in [3.05, 3.63) is 58.9 Å². The Morgan fingerprint density at radius 2 is 2.00 bits per heavy atom. The molecular weight excluding hydrogens is 437 g/mol. The Morgan fingerprint density at radius 3 is 2.62 bits per heavy atom. The van der Waals surface area contributed by atoms with E-state index in [-0.39, 0.29) is 37.5 Å². The van der Waals surface area contributed by atoms with E-state index < -0.39 is 23.6 Å². The van der Waals surface area contributed by atoms with Gasteiger partial charge in [-0.15, -0.1) is 0 Å². The fraction of sp³-hybridized carbons (Fsp3) is 0.348. The molecule has 0 radical (unpaired) electrons. The molecule has 32 heavy (non-hydrogen) atoms. The first-order valence-electron chi connectivity index (χ1n) is 10.3. The van der Waals surface area contributed by atoms with Crippen LogP contribution in [-0.4, -0.2) is 42.0 Å². The van der Waals surface area contributed by atoms with Gasteiger partial charge >= 0.3 is 5.97 Å². The van der Waals surface area contributed by atoms with Gasteiger partial charge in [0.15, 0.2) is 17.5 Å². The lowest BCUT2D eigenvalue weighted by Crippen LogP contribution is -2.50. The predicted octanol–water partition coefficient (Wildman–Crippen LogP) is 4.26. The van der Waals surface area contributed by atoms with Crippen LogP contribution in [-0.2, 0) is 20.9 Å². The summed E-state index contributed by atoms with van der Waals surface area (Å²) in [5.41, 5.74) is 1.18. The highest BCUT2D eigenvalue weighted by molar-refractivity contribution is 6.30. The lowest BCUT2D eigenvalue weighted by Gasteiger charge is -2.31. The van der Waals surface area contributed by atoms with Crippen LogP contribution in [0.15, 0.2) is 47.5 Å². The van der Waals surface area contributed by atoms with Crippen molar-refractivity contribution in [3.63, 3.8) is 0 Å². The second-order valence-corrected chi connectivity index (χ2v) is 7.89. The SMILES string of the molecule is CCOC(=O)C1CN=C(Nc2ccc(OC(C)C)c(F)c2)N(Cc2ccc(Cl)cc2)C1=O. The zero-order chi connectivity index (χ0) is 23.3. The standard InChI is InChI=1S/C23H25ClFN3O4/c1-4-31-22(30)18-12-26-23(27-17-9-10-20(19(25)11-17)32-14(2)3)28(21(18)29)13-15-5-7-16(24)8-6-15/h5-11,14,18H,4,12-13H2,1-3H3,(H,26,27). The summed E-state index contributed by atoms with van der Waals surface area (Å²) >= 11 is 5.95. The van der Waals surface area contributed by atoms with E-state index >= 15 is 0 Å². The molecule has 1 atom stereocenters. The Morgan fingerprint density at radius 1 is 1.28 bits per heavy atom. The minimum atomic E-state index is -1.04. The largest absolute Gasteiger partial charge is 0.488 e. The predicted molar refractivity (Wildman–Crippen MR) is 120 cm³/mol. The number of guanidine groups is 1. The summed E-state index contributed by atoms with van der Waals surface area (Å²) in [4.78, 5) is 31.1. The third-order valence-electron chi connectivity index (χ3n) is 4.62. The number of rotatable bonds is 7. The maximum absolute atomic E-state index is 14.4. The Bertz CT molecular complexity index is 1010. The molecule has 1 aliphatic heterocycles. The van der Waals surface area contributed by atoms with E-state index in [0.717, 1.165) is 5.56 Å². The first kappa shape index (κ1) is 23.5. The molecule has 0 saturated carbocycles. The summed E-state index contributed by atoms with van der Waals surface area (Å²) in [6.07, 6.45) is -0.168. The van der Waals surface area contributed by atoms with Gasteiger partial charge in [0.2, 0.25) is 11.9 Å². The fourth-order valence-corrected chi connectivity index (χ4v) is 3.27. The average Bonchev–Trinajstić information content (AvgIpc) is 2.74. The molecule has 7 nitrogen and oxygen atoms in total. The van der Waals surface area contributed by atoms with E-state index in [1.54, 1.807) is 37.3 Å². The number of nitrogens with one attached hydrogen (secondary N) is 1. The van der Waals surface area contributed by atoms with Gasteiger partial charge in [-0.2, -0.15) is 0 Å². The van der Waals surface area contributed by atoms with Crippen molar-refractivity contribution in [2.24, 2.45) is 10.9 Å². The van der Waals surface area contributed by atoms with Crippen molar-refractivity contribution in [2.45, 2.75) is 33.4 Å². The quantitative estimate of drug-likeness (QED) is 0.492. The lowest BCUT2D eigenvalue weighted by molar-refractivity contribution is -0.154. The maximum atomic E-state index is 14.4. The highest BCUT2D eigenvalue weighted by atomic mass is 35.5. The molecule has 0 saturated heterocycles. The van der Waals surface area contributed by atoms with E-state index in [0.29, 0.717) is 10.7 Å². The van der Waals surface area contributed by atoms with Crippen LogP contribution in [0, 0.1) is 11.7 Å². The molecule has 0 aromatic heterocycles. The smallest absolute Gasteiger partial charge is 0.320 e. The highest BCUT2D eigenvalue weighted by Crippen LogP contribution is 2.24. The number of benzene rings is 2. The van der Waals surface area contributed by atoms with E-state index in [1.807, 2.05) is 13.8 Å². The number of aliphatic imine (C=N–C) groups is 1. The van der Waals surface area contributed by atoms with Gasteiger partial charge in [-0.1, -0.05) is 23.7 Å². The molecule has 170 valence electrons. The molecule has 1 heterocycles. The first-order valence-corrected chi connectivity index (χ1v) is 10.7. The molecule has 3 rings (SSSR count). The fourth-order valence-electron chi connectivity index (χ4n) is 3.14. The molecule has 9 heteroatoms. The zero-order valence-corrected chi connectivity index (χ0v) is 18.9. The molecule has 0 spiro atoms. The van der Waals surface area contributed by atoms with Crippen LogP contribution in [0.4, 0.5) is 10.1 Å². The molecule has 0 fully saturated rings. The van der Waals surface area contributed by atoms with Crippen LogP contribution in [0.5, 0.6) is 5.75 Å². The molecule has 1 aliphatic rings. The van der Waals surface area contributed by atoms with E-state index in [2.05, 4.69) is 10.3 Å². The summed E-state index contributed by atoms with van der Waals surface area (Å²) < 4.78 is 24.9. The molecular formula is C23H25ClFN3O4. The maximum Gasteiger partial charge on any atom is 0.320 e. The lowest BCUT2D eigenvalue weighted by atomic mass is 10.1. The van der Waals surface area contributed by atoms with Crippen LogP contribution in [0.25, 0.3) is 0 Å². The Hall–Kier alpha value is -3.13. The van der Waals surface area contributed by atoms with Gasteiger partial charge in [-0.25, -0.2) is 4.39 Å². The number of hydrogen-bond acceptors (Lipinski definition) is 6. The molecule has 2 aromatic carbocycles. The topological polar surface area (TPSA) is 80.2 Å². The molecule has 1 amide bonds. The van der Waals surface area contributed by atoms with Crippen molar-refractivity contribution in [1.29, 1.82) is 0 Å². The normalized spacial score (nSPS) is 16.1. The number of amides is 1. The van der Waals surface area contributed by atoms with Gasteiger partial charge in [0.05, 0.1) is 25.8 Å². The van der Waals surface area contributed by atoms with Crippen LogP contribution in [0.3, 0.4) is 0 Å². The van der Waals surface area contributed by atoms with E-state index in [9.17, 15) is 14.0 Å². The number of anilines is 1. The average molecular weight is 462 g/mol. The van der Waals surface area contributed by atoms with Crippen LogP contribution < -0.4 is 10.1 Å². The minimum Gasteiger partial charge on any atom is -0.488 e. The Balaban J connectivity index is 1.86. The van der Waals surface area contributed by atoms with Crippen LogP contribution >= 0.6 is 11.6 Å². The number of carbonyl (C=O) groups excluding carboxylic acids is 2. The van der Waals surface area contributed by atoms with Crippen LogP contribution in [0.2, 0.25) is 5.02 Å². The number of hydrogen-bond donors (Lipinski definition) is 1. The van der Waals surface area contributed by atoms with Crippen molar-refractivity contribution < 1.29 is 23.5 Å². The van der Waals surface area contributed by atoms with Crippen LogP contribution in [0.1, 0.15) is 26.3 Å². The molecule has 0 bridgehead atoms. The highest BCUT2D eigenvalue weighted by Gasteiger charge is 2.37. The Kier molecular flexibility index (Phi) is 7.69. The summed E-state index contributed by atoms with van der Waals surface area (Å²) in [5.74, 6) is -2.31. The third-order valence-corrected chi connectivity index (χ3v) is 4.87. The second kappa shape index (κ2) is 10.5. The third kappa shape index (κ3) is 5.76. The van der Waals surface area contributed by atoms with Crippen molar-refractivity contribution in [3.8, 4) is 5.75 Å². The Labute approximate surface area is 191 Å². The summed E-state index contributed by atoms with van der Waals surface area (Å²) in [5, 5.41) is 3.55. The number of esters is 1. The van der Waals surface area contributed by atoms with Gasteiger partial charge in [-0.3, -0.25) is 19.5 Å². The van der Waals surface area contributed by atoms with Gasteiger partial charge in [0, 0.05) is 16.8 Å². The monoisotopic (exact) mass is 461 g/mol.